The monoisotopic (exact) mass is 272 g/mol. The maximum atomic E-state index is 10.6. The second-order valence-corrected chi connectivity index (χ2v) is 6.60. The molecule has 20 heavy (non-hydrogen) atoms. The molecular formula is C17H24N2O. The summed E-state index contributed by atoms with van der Waals surface area (Å²) in [6.07, 6.45) is 4.74. The molecule has 3 aliphatic rings. The third-order valence-corrected chi connectivity index (χ3v) is 5.49. The zero-order chi connectivity index (χ0) is 13.5. The highest BCUT2D eigenvalue weighted by atomic mass is 16.3. The first-order chi connectivity index (χ1) is 9.83. The molecule has 0 bridgehead atoms. The van der Waals surface area contributed by atoms with E-state index in [0.717, 1.165) is 31.1 Å². The average Bonchev–Trinajstić information content (AvgIpc) is 3.17. The van der Waals surface area contributed by atoms with Crippen molar-refractivity contribution in [3.05, 3.63) is 35.4 Å². The standard InChI is InChI=1S/C17H24N2O/c20-17-15-6-2-1-5-13(15)11-16(17)19-10-7-14(12-19)18-8-3-4-9-18/h1-2,5-6,14,16-17,20H,3-4,7-12H2. The Labute approximate surface area is 121 Å². The normalized spacial score (nSPS) is 34.8. The number of aliphatic hydroxyl groups excluding tert-OH is 1. The van der Waals surface area contributed by atoms with Crippen LogP contribution in [0.3, 0.4) is 0 Å². The van der Waals surface area contributed by atoms with E-state index in [1.807, 2.05) is 6.07 Å². The molecule has 3 nitrogen and oxygen atoms in total. The summed E-state index contributed by atoms with van der Waals surface area (Å²) in [6, 6.07) is 9.43. The lowest BCUT2D eigenvalue weighted by Crippen LogP contribution is -2.40. The third kappa shape index (κ3) is 2.09. The molecule has 3 unspecified atom stereocenters. The molecule has 3 atom stereocenters. The molecule has 0 spiro atoms. The molecule has 0 amide bonds. The van der Waals surface area contributed by atoms with Crippen molar-refractivity contribution in [2.45, 2.75) is 43.9 Å². The maximum absolute atomic E-state index is 10.6. The van der Waals surface area contributed by atoms with E-state index in [1.54, 1.807) is 0 Å². The van der Waals surface area contributed by atoms with Crippen molar-refractivity contribution in [3.8, 4) is 0 Å². The summed E-state index contributed by atoms with van der Waals surface area (Å²) < 4.78 is 0. The number of rotatable bonds is 2. The lowest BCUT2D eigenvalue weighted by atomic mass is 10.1. The maximum Gasteiger partial charge on any atom is 0.0951 e. The topological polar surface area (TPSA) is 26.7 Å². The van der Waals surface area contributed by atoms with Crippen LogP contribution in [-0.4, -0.2) is 53.2 Å². The third-order valence-electron chi connectivity index (χ3n) is 5.49. The number of benzene rings is 1. The van der Waals surface area contributed by atoms with Crippen molar-refractivity contribution in [2.24, 2.45) is 0 Å². The SMILES string of the molecule is OC1c2ccccc2CC1N1CCC(N2CCCC2)C1. The van der Waals surface area contributed by atoms with Crippen LogP contribution in [0.1, 0.15) is 36.5 Å². The van der Waals surface area contributed by atoms with Crippen LogP contribution in [0.25, 0.3) is 0 Å². The van der Waals surface area contributed by atoms with Crippen LogP contribution < -0.4 is 0 Å². The highest BCUT2D eigenvalue weighted by molar-refractivity contribution is 5.36. The van der Waals surface area contributed by atoms with Crippen molar-refractivity contribution in [1.82, 2.24) is 9.80 Å². The van der Waals surface area contributed by atoms with Crippen LogP contribution in [-0.2, 0) is 6.42 Å². The van der Waals surface area contributed by atoms with E-state index in [-0.39, 0.29) is 6.10 Å². The van der Waals surface area contributed by atoms with E-state index in [9.17, 15) is 5.11 Å². The van der Waals surface area contributed by atoms with Crippen molar-refractivity contribution in [1.29, 1.82) is 0 Å². The Morgan fingerprint density at radius 1 is 1.00 bits per heavy atom. The van der Waals surface area contributed by atoms with E-state index in [1.165, 1.54) is 37.9 Å². The molecule has 1 N–H and O–H groups in total. The van der Waals surface area contributed by atoms with Gasteiger partial charge in [0, 0.05) is 25.2 Å². The fraction of sp³-hybridized carbons (Fsp3) is 0.647. The van der Waals surface area contributed by atoms with E-state index in [2.05, 4.69) is 28.0 Å². The Kier molecular flexibility index (Phi) is 3.29. The molecule has 0 saturated carbocycles. The quantitative estimate of drug-likeness (QED) is 0.889. The Morgan fingerprint density at radius 3 is 2.60 bits per heavy atom. The lowest BCUT2D eigenvalue weighted by Gasteiger charge is -2.28. The molecule has 2 aliphatic heterocycles. The van der Waals surface area contributed by atoms with Gasteiger partial charge < -0.3 is 5.11 Å². The van der Waals surface area contributed by atoms with Crippen LogP contribution in [0.4, 0.5) is 0 Å². The van der Waals surface area contributed by atoms with Crippen LogP contribution >= 0.6 is 0 Å². The van der Waals surface area contributed by atoms with E-state index >= 15 is 0 Å². The molecule has 1 aromatic carbocycles. The summed E-state index contributed by atoms with van der Waals surface area (Å²) >= 11 is 0. The van der Waals surface area contributed by atoms with E-state index in [0.29, 0.717) is 6.04 Å². The molecule has 1 aromatic rings. The number of hydrogen-bond donors (Lipinski definition) is 1. The molecule has 4 rings (SSSR count). The van der Waals surface area contributed by atoms with Gasteiger partial charge in [-0.25, -0.2) is 0 Å². The summed E-state index contributed by atoms with van der Waals surface area (Å²) in [5, 5.41) is 10.6. The average molecular weight is 272 g/mol. The molecule has 2 heterocycles. The van der Waals surface area contributed by atoms with Gasteiger partial charge in [0.1, 0.15) is 0 Å². The second-order valence-electron chi connectivity index (χ2n) is 6.60. The Bertz CT molecular complexity index is 484. The Balaban J connectivity index is 1.45. The number of fused-ring (bicyclic) bond motifs is 1. The van der Waals surface area contributed by atoms with Gasteiger partial charge in [0.2, 0.25) is 0 Å². The minimum atomic E-state index is -0.288. The highest BCUT2D eigenvalue weighted by Gasteiger charge is 2.39. The summed E-state index contributed by atoms with van der Waals surface area (Å²) in [7, 11) is 0. The molecule has 1 aliphatic carbocycles. The highest BCUT2D eigenvalue weighted by Crippen LogP contribution is 2.36. The molecular weight excluding hydrogens is 248 g/mol. The van der Waals surface area contributed by atoms with Crippen LogP contribution in [0.5, 0.6) is 0 Å². The smallest absolute Gasteiger partial charge is 0.0951 e. The van der Waals surface area contributed by atoms with Crippen molar-refractivity contribution < 1.29 is 5.11 Å². The molecule has 2 fully saturated rings. The van der Waals surface area contributed by atoms with Gasteiger partial charge in [0.05, 0.1) is 6.10 Å². The first-order valence-electron chi connectivity index (χ1n) is 8.07. The van der Waals surface area contributed by atoms with E-state index in [4.69, 9.17) is 0 Å². The van der Waals surface area contributed by atoms with Gasteiger partial charge in [0.25, 0.3) is 0 Å². The number of aliphatic hydroxyl groups is 1. The lowest BCUT2D eigenvalue weighted by molar-refractivity contribution is 0.0701. The largest absolute Gasteiger partial charge is 0.387 e. The molecule has 0 radical (unpaired) electrons. The molecule has 0 aromatic heterocycles. The van der Waals surface area contributed by atoms with Gasteiger partial charge in [-0.15, -0.1) is 0 Å². The molecule has 2 saturated heterocycles. The second kappa shape index (κ2) is 5.14. The van der Waals surface area contributed by atoms with Gasteiger partial charge in [-0.05, 0) is 49.9 Å². The number of likely N-dealkylation sites (tertiary alicyclic amines) is 2. The Morgan fingerprint density at radius 2 is 1.80 bits per heavy atom. The van der Waals surface area contributed by atoms with E-state index < -0.39 is 0 Å². The summed E-state index contributed by atoms with van der Waals surface area (Å²) in [5.74, 6) is 0. The number of hydrogen-bond acceptors (Lipinski definition) is 3. The molecule has 108 valence electrons. The zero-order valence-corrected chi connectivity index (χ0v) is 12.0. The van der Waals surface area contributed by atoms with Crippen LogP contribution in [0, 0.1) is 0 Å². The molecule has 3 heteroatoms. The van der Waals surface area contributed by atoms with Gasteiger partial charge in [-0.3, -0.25) is 9.80 Å². The fourth-order valence-corrected chi connectivity index (χ4v) is 4.36. The van der Waals surface area contributed by atoms with Gasteiger partial charge in [-0.2, -0.15) is 0 Å². The van der Waals surface area contributed by atoms with Crippen LogP contribution in [0.15, 0.2) is 24.3 Å². The van der Waals surface area contributed by atoms with Crippen LogP contribution in [0.2, 0.25) is 0 Å². The minimum absolute atomic E-state index is 0.288. The first-order valence-corrected chi connectivity index (χ1v) is 8.07. The predicted molar refractivity (Wildman–Crippen MR) is 79.7 cm³/mol. The summed E-state index contributed by atoms with van der Waals surface area (Å²) in [4.78, 5) is 5.20. The fourth-order valence-electron chi connectivity index (χ4n) is 4.36. The first kappa shape index (κ1) is 12.8. The Hall–Kier alpha value is -0.900. The van der Waals surface area contributed by atoms with Crippen molar-refractivity contribution in [3.63, 3.8) is 0 Å². The van der Waals surface area contributed by atoms with Gasteiger partial charge >= 0.3 is 0 Å². The number of nitrogens with zero attached hydrogens (tertiary/aromatic N) is 2. The summed E-state index contributed by atoms with van der Waals surface area (Å²) in [6.45, 7) is 4.87. The van der Waals surface area contributed by atoms with Crippen molar-refractivity contribution in [2.75, 3.05) is 26.2 Å². The van der Waals surface area contributed by atoms with Crippen molar-refractivity contribution >= 4 is 0 Å². The minimum Gasteiger partial charge on any atom is -0.387 e. The predicted octanol–water partition coefficient (Wildman–Crippen LogP) is 1.81. The zero-order valence-electron chi connectivity index (χ0n) is 12.0. The van der Waals surface area contributed by atoms with Gasteiger partial charge in [0.15, 0.2) is 0 Å². The summed E-state index contributed by atoms with van der Waals surface area (Å²) in [5.41, 5.74) is 2.50. The van der Waals surface area contributed by atoms with Gasteiger partial charge in [-0.1, -0.05) is 24.3 Å².